The summed E-state index contributed by atoms with van der Waals surface area (Å²) in [4.78, 5) is 0. The fraction of sp³-hybridized carbons (Fsp3) is 0.200. The van der Waals surface area contributed by atoms with Gasteiger partial charge in [-0.2, -0.15) is 0 Å². The molecule has 0 aliphatic rings. The van der Waals surface area contributed by atoms with Crippen LogP contribution in [0.4, 0.5) is 4.39 Å². The standard InChI is InChI=1S/C15H17FN2/c1-11-9-14(16)8-7-13(11)10-15(18-17)12-5-3-2-4-6-12/h2-9,15,18H,10,17H2,1H3. The molecule has 94 valence electrons. The van der Waals surface area contributed by atoms with Crippen LogP contribution in [-0.2, 0) is 6.42 Å². The van der Waals surface area contributed by atoms with Gasteiger partial charge in [0.2, 0.25) is 0 Å². The summed E-state index contributed by atoms with van der Waals surface area (Å²) in [6.07, 6.45) is 0.743. The number of hydrogen-bond donors (Lipinski definition) is 2. The molecule has 0 aromatic heterocycles. The molecule has 0 fully saturated rings. The molecule has 0 saturated carbocycles. The van der Waals surface area contributed by atoms with Crippen molar-refractivity contribution in [2.24, 2.45) is 5.84 Å². The molecule has 0 aliphatic carbocycles. The van der Waals surface area contributed by atoms with E-state index in [1.54, 1.807) is 6.07 Å². The summed E-state index contributed by atoms with van der Waals surface area (Å²) in [6.45, 7) is 1.91. The van der Waals surface area contributed by atoms with E-state index in [1.165, 1.54) is 6.07 Å². The molecule has 1 atom stereocenters. The van der Waals surface area contributed by atoms with Crippen LogP contribution in [-0.4, -0.2) is 0 Å². The van der Waals surface area contributed by atoms with Crippen molar-refractivity contribution in [2.45, 2.75) is 19.4 Å². The van der Waals surface area contributed by atoms with E-state index < -0.39 is 0 Å². The molecule has 0 amide bonds. The summed E-state index contributed by atoms with van der Waals surface area (Å²) >= 11 is 0. The van der Waals surface area contributed by atoms with Crippen LogP contribution < -0.4 is 11.3 Å². The molecular formula is C15H17FN2. The quantitative estimate of drug-likeness (QED) is 0.641. The van der Waals surface area contributed by atoms with Crippen molar-refractivity contribution in [3.63, 3.8) is 0 Å². The van der Waals surface area contributed by atoms with Gasteiger partial charge in [-0.1, -0.05) is 36.4 Å². The third-order valence-corrected chi connectivity index (χ3v) is 3.13. The Morgan fingerprint density at radius 1 is 1.17 bits per heavy atom. The van der Waals surface area contributed by atoms with Gasteiger partial charge in [-0.15, -0.1) is 0 Å². The molecule has 0 spiro atoms. The third kappa shape index (κ3) is 2.94. The van der Waals surface area contributed by atoms with Crippen LogP contribution in [0.3, 0.4) is 0 Å². The van der Waals surface area contributed by atoms with Crippen molar-refractivity contribution in [3.05, 3.63) is 71.0 Å². The van der Waals surface area contributed by atoms with Gasteiger partial charge in [-0.05, 0) is 42.2 Å². The molecule has 1 unspecified atom stereocenters. The zero-order valence-electron chi connectivity index (χ0n) is 10.4. The Balaban J connectivity index is 2.21. The van der Waals surface area contributed by atoms with Crippen molar-refractivity contribution in [2.75, 3.05) is 0 Å². The van der Waals surface area contributed by atoms with E-state index >= 15 is 0 Å². The van der Waals surface area contributed by atoms with E-state index in [1.807, 2.05) is 43.3 Å². The Labute approximate surface area is 107 Å². The first-order valence-corrected chi connectivity index (χ1v) is 5.97. The van der Waals surface area contributed by atoms with E-state index in [-0.39, 0.29) is 11.9 Å². The first kappa shape index (κ1) is 12.7. The second-order valence-electron chi connectivity index (χ2n) is 4.40. The molecule has 2 rings (SSSR count). The lowest BCUT2D eigenvalue weighted by atomic mass is 9.96. The third-order valence-electron chi connectivity index (χ3n) is 3.13. The van der Waals surface area contributed by atoms with Gasteiger partial charge >= 0.3 is 0 Å². The molecule has 3 N–H and O–H groups in total. The Morgan fingerprint density at radius 3 is 2.50 bits per heavy atom. The number of aryl methyl sites for hydroxylation is 1. The topological polar surface area (TPSA) is 38.0 Å². The van der Waals surface area contributed by atoms with E-state index in [2.05, 4.69) is 5.43 Å². The number of hydrogen-bond acceptors (Lipinski definition) is 2. The van der Waals surface area contributed by atoms with Crippen molar-refractivity contribution in [1.29, 1.82) is 0 Å². The van der Waals surface area contributed by atoms with Crippen LogP contribution in [0, 0.1) is 12.7 Å². The predicted octanol–water partition coefficient (Wildman–Crippen LogP) is 2.88. The fourth-order valence-electron chi connectivity index (χ4n) is 2.07. The average Bonchev–Trinajstić information content (AvgIpc) is 2.39. The van der Waals surface area contributed by atoms with Crippen molar-refractivity contribution < 1.29 is 4.39 Å². The van der Waals surface area contributed by atoms with Gasteiger partial charge in [0.1, 0.15) is 5.82 Å². The van der Waals surface area contributed by atoms with Gasteiger partial charge in [-0.3, -0.25) is 11.3 Å². The highest BCUT2D eigenvalue weighted by molar-refractivity contribution is 5.29. The summed E-state index contributed by atoms with van der Waals surface area (Å²) in [5.74, 6) is 5.41. The van der Waals surface area contributed by atoms with E-state index in [0.29, 0.717) is 0 Å². The Hall–Kier alpha value is -1.71. The highest BCUT2D eigenvalue weighted by Gasteiger charge is 2.11. The monoisotopic (exact) mass is 244 g/mol. The highest BCUT2D eigenvalue weighted by atomic mass is 19.1. The summed E-state index contributed by atoms with van der Waals surface area (Å²) in [5.41, 5.74) is 5.99. The van der Waals surface area contributed by atoms with Gasteiger partial charge in [0.15, 0.2) is 0 Å². The first-order chi connectivity index (χ1) is 8.70. The molecule has 0 heterocycles. The summed E-state index contributed by atoms with van der Waals surface area (Å²) in [5, 5.41) is 0. The van der Waals surface area contributed by atoms with Gasteiger partial charge in [0.05, 0.1) is 0 Å². The molecule has 3 heteroatoms. The fourth-order valence-corrected chi connectivity index (χ4v) is 2.07. The maximum Gasteiger partial charge on any atom is 0.123 e. The van der Waals surface area contributed by atoms with Crippen LogP contribution >= 0.6 is 0 Å². The molecule has 18 heavy (non-hydrogen) atoms. The number of hydrazine groups is 1. The summed E-state index contributed by atoms with van der Waals surface area (Å²) < 4.78 is 13.0. The Kier molecular flexibility index (Phi) is 4.07. The lowest BCUT2D eigenvalue weighted by molar-refractivity contribution is 0.549. The summed E-state index contributed by atoms with van der Waals surface area (Å²) in [7, 11) is 0. The van der Waals surface area contributed by atoms with Crippen molar-refractivity contribution in [1.82, 2.24) is 5.43 Å². The summed E-state index contributed by atoms with van der Waals surface area (Å²) in [6, 6.07) is 14.9. The lowest BCUT2D eigenvalue weighted by Crippen LogP contribution is -2.29. The van der Waals surface area contributed by atoms with Gasteiger partial charge < -0.3 is 0 Å². The van der Waals surface area contributed by atoms with Crippen molar-refractivity contribution >= 4 is 0 Å². The Bertz CT molecular complexity index is 511. The van der Waals surface area contributed by atoms with E-state index in [9.17, 15) is 4.39 Å². The van der Waals surface area contributed by atoms with Crippen LogP contribution in [0.15, 0.2) is 48.5 Å². The number of nitrogens with two attached hydrogens (primary N) is 1. The first-order valence-electron chi connectivity index (χ1n) is 5.97. The minimum Gasteiger partial charge on any atom is -0.271 e. The second kappa shape index (κ2) is 5.76. The maximum absolute atomic E-state index is 13.0. The van der Waals surface area contributed by atoms with Gasteiger partial charge in [0.25, 0.3) is 0 Å². The molecule has 0 bridgehead atoms. The number of benzene rings is 2. The van der Waals surface area contributed by atoms with E-state index in [0.717, 1.165) is 23.1 Å². The maximum atomic E-state index is 13.0. The zero-order chi connectivity index (χ0) is 13.0. The molecule has 0 aliphatic heterocycles. The molecule has 0 radical (unpaired) electrons. The van der Waals surface area contributed by atoms with Crippen LogP contribution in [0.25, 0.3) is 0 Å². The van der Waals surface area contributed by atoms with Crippen LogP contribution in [0.1, 0.15) is 22.7 Å². The van der Waals surface area contributed by atoms with Crippen molar-refractivity contribution in [3.8, 4) is 0 Å². The van der Waals surface area contributed by atoms with Gasteiger partial charge in [0, 0.05) is 6.04 Å². The minimum atomic E-state index is -0.201. The highest BCUT2D eigenvalue weighted by Crippen LogP contribution is 2.20. The largest absolute Gasteiger partial charge is 0.271 e. The number of halogens is 1. The van der Waals surface area contributed by atoms with Crippen LogP contribution in [0.5, 0.6) is 0 Å². The molecule has 2 aromatic rings. The number of nitrogens with one attached hydrogen (secondary N) is 1. The Morgan fingerprint density at radius 2 is 1.89 bits per heavy atom. The SMILES string of the molecule is Cc1cc(F)ccc1CC(NN)c1ccccc1. The zero-order valence-corrected chi connectivity index (χ0v) is 10.4. The second-order valence-corrected chi connectivity index (χ2v) is 4.40. The lowest BCUT2D eigenvalue weighted by Gasteiger charge is -2.17. The van der Waals surface area contributed by atoms with E-state index in [4.69, 9.17) is 5.84 Å². The van der Waals surface area contributed by atoms with Gasteiger partial charge in [-0.25, -0.2) is 4.39 Å². The molecule has 0 saturated heterocycles. The van der Waals surface area contributed by atoms with Crippen LogP contribution in [0.2, 0.25) is 0 Å². The average molecular weight is 244 g/mol. The molecular weight excluding hydrogens is 227 g/mol. The smallest absolute Gasteiger partial charge is 0.123 e. The molecule has 2 nitrogen and oxygen atoms in total. The number of rotatable bonds is 4. The predicted molar refractivity (Wildman–Crippen MR) is 71.3 cm³/mol. The minimum absolute atomic E-state index is 0.0374. The normalized spacial score (nSPS) is 12.4. The molecule has 2 aromatic carbocycles.